The number of halogens is 3. The molecule has 4 aromatic carbocycles. The second-order valence-electron chi connectivity index (χ2n) is 13.0. The minimum absolute atomic E-state index is 0. The fraction of sp³-hybridized carbons (Fsp3) is 0.128. The monoisotopic (exact) mass is 845 g/mol. The predicted octanol–water partition coefficient (Wildman–Crippen LogP) is 9.76. The quantitative estimate of drug-likeness (QED) is 0.166. The van der Waals surface area contributed by atoms with Gasteiger partial charge in [-0.3, -0.25) is 4.98 Å². The summed E-state index contributed by atoms with van der Waals surface area (Å²) in [5.74, 6) is 0.788. The van der Waals surface area contributed by atoms with E-state index >= 15 is 0 Å². The summed E-state index contributed by atoms with van der Waals surface area (Å²) in [6, 6.07) is 33.7. The molecule has 0 amide bonds. The number of alkyl halides is 3. The molecule has 9 aromatic rings. The minimum atomic E-state index is -4.65. The number of aromatic nitrogens is 6. The van der Waals surface area contributed by atoms with Gasteiger partial charge in [0.05, 0.1) is 0 Å². The van der Waals surface area contributed by atoms with Crippen LogP contribution >= 0.6 is 0 Å². The zero-order chi connectivity index (χ0) is 33.7. The first-order valence-electron chi connectivity index (χ1n) is 15.6. The molecule has 50 heavy (non-hydrogen) atoms. The van der Waals surface area contributed by atoms with E-state index in [1.807, 2.05) is 48.5 Å². The van der Waals surface area contributed by atoms with E-state index in [9.17, 15) is 13.2 Å². The van der Waals surface area contributed by atoms with Crippen molar-refractivity contribution in [3.63, 3.8) is 0 Å². The molecule has 0 fully saturated rings. The smallest absolute Gasteiger partial charge is 0.379 e. The van der Waals surface area contributed by atoms with Crippen LogP contribution < -0.4 is 0 Å². The van der Waals surface area contributed by atoms with E-state index in [1.165, 1.54) is 6.33 Å². The fourth-order valence-electron chi connectivity index (χ4n) is 6.74. The molecule has 0 aliphatic carbocycles. The normalized spacial score (nSPS) is 12.4. The minimum Gasteiger partial charge on any atom is -0.379 e. The zero-order valence-corrected chi connectivity index (χ0v) is 29.1. The molecule has 0 N–H and O–H groups in total. The van der Waals surface area contributed by atoms with Crippen LogP contribution in [-0.4, -0.2) is 29.1 Å². The SMILES string of the molecule is CC(C)(C)c1cc(-c2ncnc3c2nc2c(C(F)(F)F)con23)[c-]c2c(-c3[c-]c4c(cc3)c3ccccc3n4-c3ccccn3)cccc12.[Pt+2]. The Morgan fingerprint density at radius 3 is 2.32 bits per heavy atom. The average molecular weight is 846 g/mol. The summed E-state index contributed by atoms with van der Waals surface area (Å²) in [7, 11) is 0. The second-order valence-corrected chi connectivity index (χ2v) is 13.0. The second kappa shape index (κ2) is 11.4. The fourth-order valence-corrected chi connectivity index (χ4v) is 6.74. The average Bonchev–Trinajstić information content (AvgIpc) is 3.77. The van der Waals surface area contributed by atoms with E-state index < -0.39 is 11.7 Å². The van der Waals surface area contributed by atoms with Gasteiger partial charge in [-0.25, -0.2) is 15.0 Å². The number of nitrogens with zero attached hydrogens (tertiary/aromatic N) is 6. The Balaban J connectivity index is 0.00000361. The van der Waals surface area contributed by atoms with Crippen LogP contribution in [0.3, 0.4) is 0 Å². The van der Waals surface area contributed by atoms with Gasteiger partial charge in [0.15, 0.2) is 11.3 Å². The number of pyridine rings is 1. The van der Waals surface area contributed by atoms with Crippen molar-refractivity contribution < 1.29 is 38.8 Å². The number of rotatable bonds is 3. The maximum atomic E-state index is 13.8. The molecule has 7 nitrogen and oxygen atoms in total. The Morgan fingerprint density at radius 1 is 0.740 bits per heavy atom. The van der Waals surface area contributed by atoms with E-state index in [0.717, 1.165) is 59.7 Å². The summed E-state index contributed by atoms with van der Waals surface area (Å²) in [5.41, 5.74) is 4.29. The number of fused-ring (bicyclic) bond motifs is 7. The van der Waals surface area contributed by atoms with Gasteiger partial charge in [0.1, 0.15) is 29.5 Å². The van der Waals surface area contributed by atoms with Gasteiger partial charge in [-0.15, -0.1) is 57.0 Å². The summed E-state index contributed by atoms with van der Waals surface area (Å²) in [6.07, 6.45) is -0.913. The molecule has 5 aromatic heterocycles. The Morgan fingerprint density at radius 2 is 1.54 bits per heavy atom. The van der Waals surface area contributed by atoms with Gasteiger partial charge in [0.2, 0.25) is 0 Å². The third-order valence-electron chi connectivity index (χ3n) is 8.95. The number of hydrogen-bond acceptors (Lipinski definition) is 5. The van der Waals surface area contributed by atoms with Gasteiger partial charge in [-0.2, -0.15) is 13.2 Å². The molecule has 9 rings (SSSR count). The van der Waals surface area contributed by atoms with Gasteiger partial charge in [0, 0.05) is 17.4 Å². The van der Waals surface area contributed by atoms with Gasteiger partial charge in [0.25, 0.3) is 0 Å². The van der Waals surface area contributed by atoms with Crippen molar-refractivity contribution >= 4 is 49.4 Å². The van der Waals surface area contributed by atoms with Crippen LogP contribution in [0.1, 0.15) is 31.9 Å². The van der Waals surface area contributed by atoms with E-state index in [2.05, 4.69) is 87.7 Å². The zero-order valence-electron chi connectivity index (χ0n) is 26.8. The summed E-state index contributed by atoms with van der Waals surface area (Å²) in [4.78, 5) is 17.8. The molecule has 248 valence electrons. The molecule has 0 unspecified atom stereocenters. The largest absolute Gasteiger partial charge is 2.00 e. The Kier molecular flexibility index (Phi) is 7.24. The van der Waals surface area contributed by atoms with E-state index in [0.29, 0.717) is 17.5 Å². The summed E-state index contributed by atoms with van der Waals surface area (Å²) in [5, 5.41) is 3.97. The van der Waals surface area contributed by atoms with Crippen molar-refractivity contribution in [1.82, 2.24) is 29.1 Å². The summed E-state index contributed by atoms with van der Waals surface area (Å²) in [6.45, 7) is 6.37. The van der Waals surface area contributed by atoms with Crippen molar-refractivity contribution in [3.8, 4) is 28.2 Å². The van der Waals surface area contributed by atoms with Crippen molar-refractivity contribution in [2.24, 2.45) is 0 Å². The molecule has 0 aliphatic rings. The molecule has 0 bridgehead atoms. The summed E-state index contributed by atoms with van der Waals surface area (Å²) >= 11 is 0. The van der Waals surface area contributed by atoms with Crippen molar-refractivity contribution in [2.45, 2.75) is 32.4 Å². The van der Waals surface area contributed by atoms with Crippen LogP contribution in [0.5, 0.6) is 0 Å². The van der Waals surface area contributed by atoms with Crippen molar-refractivity contribution in [1.29, 1.82) is 0 Å². The van der Waals surface area contributed by atoms with Crippen molar-refractivity contribution in [3.05, 3.63) is 121 Å². The summed E-state index contributed by atoms with van der Waals surface area (Å²) < 4.78 is 49.7. The van der Waals surface area contributed by atoms with Crippen LogP contribution in [0, 0.1) is 12.1 Å². The van der Waals surface area contributed by atoms with E-state index in [-0.39, 0.29) is 43.3 Å². The Labute approximate surface area is 297 Å². The van der Waals surface area contributed by atoms with E-state index in [4.69, 9.17) is 4.52 Å². The Hall–Kier alpha value is -5.34. The van der Waals surface area contributed by atoms with Crippen molar-refractivity contribution in [2.75, 3.05) is 0 Å². The maximum Gasteiger partial charge on any atom is 2.00 e. The Bertz CT molecular complexity index is 2760. The van der Waals surface area contributed by atoms with Gasteiger partial charge < -0.3 is 9.09 Å². The van der Waals surface area contributed by atoms with Crippen LogP contribution in [-0.2, 0) is 32.7 Å². The molecule has 0 aliphatic heterocycles. The van der Waals surface area contributed by atoms with Gasteiger partial charge in [-0.1, -0.05) is 79.6 Å². The van der Waals surface area contributed by atoms with Crippen LogP contribution in [0.2, 0.25) is 0 Å². The molecule has 0 atom stereocenters. The topological polar surface area (TPSA) is 74.0 Å². The molecule has 0 saturated carbocycles. The van der Waals surface area contributed by atoms with Gasteiger partial charge in [-0.05, 0) is 34.5 Å². The molecule has 5 heterocycles. The number of para-hydroxylation sites is 1. The first-order valence-corrected chi connectivity index (χ1v) is 15.6. The van der Waals surface area contributed by atoms with Gasteiger partial charge >= 0.3 is 27.2 Å². The van der Waals surface area contributed by atoms with Crippen LogP contribution in [0.4, 0.5) is 13.2 Å². The third kappa shape index (κ3) is 4.84. The van der Waals surface area contributed by atoms with Crippen LogP contribution in [0.15, 0.2) is 102 Å². The molecule has 0 saturated heterocycles. The predicted molar refractivity (Wildman–Crippen MR) is 182 cm³/mol. The first kappa shape index (κ1) is 31.9. The third-order valence-corrected chi connectivity index (χ3v) is 8.95. The molecular formula is C39H25F3N6OPt. The van der Waals surface area contributed by atoms with E-state index in [1.54, 1.807) is 6.20 Å². The number of imidazole rings is 1. The molecule has 0 spiro atoms. The number of hydrogen-bond donors (Lipinski definition) is 0. The first-order chi connectivity index (χ1) is 23.6. The standard InChI is InChI=1S/C39H25F3N6O.Pt/c1-38(2,3)29-18-23(34-35-37(45-21-44-34)48-36(46-35)30(20-49-48)39(40,41)42)17-28-24(10-8-11-25(28)29)22-14-15-27-26-9-4-5-12-31(26)47(32(27)19-22)33-13-6-7-16-43-33;/h4-16,18,20-21H,1-3H3;/q-2;+2. The maximum absolute atomic E-state index is 13.8. The molecular weight excluding hydrogens is 821 g/mol. The van der Waals surface area contributed by atoms with Crippen LogP contribution in [0.25, 0.3) is 77.6 Å². The molecule has 0 radical (unpaired) electrons. The molecule has 11 heteroatoms. The number of benzene rings is 4.